The first-order valence-electron chi connectivity index (χ1n) is 13.9. The van der Waals surface area contributed by atoms with Crippen LogP contribution in [-0.2, 0) is 0 Å². The van der Waals surface area contributed by atoms with Crippen LogP contribution in [0, 0.1) is 20.8 Å². The Bertz CT molecular complexity index is 1180. The van der Waals surface area contributed by atoms with E-state index in [0.29, 0.717) is 6.04 Å². The summed E-state index contributed by atoms with van der Waals surface area (Å²) in [5, 5.41) is 0. The van der Waals surface area contributed by atoms with Gasteiger partial charge in [0.25, 0.3) is 5.91 Å². The quantitative estimate of drug-likeness (QED) is 0.385. The Balaban J connectivity index is 1.24. The zero-order valence-corrected chi connectivity index (χ0v) is 22.9. The van der Waals surface area contributed by atoms with Crippen molar-refractivity contribution in [2.45, 2.75) is 65.0 Å². The number of anilines is 2. The Morgan fingerprint density at radius 2 is 1.32 bits per heavy atom. The fourth-order valence-corrected chi connectivity index (χ4v) is 6.35. The van der Waals surface area contributed by atoms with Gasteiger partial charge in [-0.15, -0.1) is 0 Å². The summed E-state index contributed by atoms with van der Waals surface area (Å²) in [4.78, 5) is 20.7. The average Bonchev–Trinajstić information content (AvgIpc) is 2.91. The van der Waals surface area contributed by atoms with Gasteiger partial charge < -0.3 is 9.80 Å². The molecule has 4 heteroatoms. The van der Waals surface area contributed by atoms with Crippen molar-refractivity contribution in [2.24, 2.45) is 0 Å². The number of hydrogen-bond acceptors (Lipinski definition) is 3. The maximum Gasteiger partial charge on any atom is 0.254 e. The lowest BCUT2D eigenvalue weighted by molar-refractivity contribution is 0.0176. The Hall–Kier alpha value is -3.11. The fourth-order valence-electron chi connectivity index (χ4n) is 6.35. The molecular formula is C33H41N3O. The molecule has 4 nitrogen and oxygen atoms in total. The molecule has 2 fully saturated rings. The Labute approximate surface area is 222 Å². The first-order valence-corrected chi connectivity index (χ1v) is 13.9. The molecule has 0 spiro atoms. The standard InChI is InChI=1S/C33H41N3O/c1-25-13-15-29(16-14-25)36(28-11-6-5-7-12-28)30-17-21-35(22-18-30)33(4)19-23-34(24-20-33)32(37)31-26(2)9-8-10-27(31)3/h5-16,30H,17-24H2,1-4H3. The zero-order valence-electron chi connectivity index (χ0n) is 22.9. The summed E-state index contributed by atoms with van der Waals surface area (Å²) in [6.45, 7) is 12.5. The van der Waals surface area contributed by atoms with Crippen molar-refractivity contribution in [1.29, 1.82) is 0 Å². The molecule has 0 aromatic heterocycles. The lowest BCUT2D eigenvalue weighted by Gasteiger charge is -2.50. The molecule has 3 aromatic rings. The number of carbonyl (C=O) groups excluding carboxylic acids is 1. The molecule has 0 saturated carbocycles. The molecule has 0 bridgehead atoms. The second kappa shape index (κ2) is 10.7. The molecule has 0 aliphatic carbocycles. The van der Waals surface area contributed by atoms with Crippen LogP contribution < -0.4 is 4.90 Å². The number of para-hydroxylation sites is 1. The Morgan fingerprint density at radius 1 is 0.757 bits per heavy atom. The third-order valence-electron chi connectivity index (χ3n) is 8.76. The van der Waals surface area contributed by atoms with Gasteiger partial charge in [0.2, 0.25) is 0 Å². The van der Waals surface area contributed by atoms with E-state index in [-0.39, 0.29) is 11.4 Å². The number of hydrogen-bond donors (Lipinski definition) is 0. The van der Waals surface area contributed by atoms with Crippen LogP contribution in [0.4, 0.5) is 11.4 Å². The molecule has 2 aliphatic heterocycles. The molecule has 37 heavy (non-hydrogen) atoms. The summed E-state index contributed by atoms with van der Waals surface area (Å²) in [6, 6.07) is 26.4. The number of aryl methyl sites for hydroxylation is 3. The monoisotopic (exact) mass is 495 g/mol. The zero-order chi connectivity index (χ0) is 26.0. The number of nitrogens with zero attached hydrogens (tertiary/aromatic N) is 3. The molecule has 3 aromatic carbocycles. The minimum Gasteiger partial charge on any atom is -0.338 e. The maximum absolute atomic E-state index is 13.3. The van der Waals surface area contributed by atoms with Crippen molar-refractivity contribution in [3.8, 4) is 0 Å². The van der Waals surface area contributed by atoms with Gasteiger partial charge in [0.05, 0.1) is 0 Å². The predicted molar refractivity (Wildman–Crippen MR) is 154 cm³/mol. The summed E-state index contributed by atoms with van der Waals surface area (Å²) in [5.41, 5.74) is 7.05. The van der Waals surface area contributed by atoms with Gasteiger partial charge >= 0.3 is 0 Å². The summed E-state index contributed by atoms with van der Waals surface area (Å²) in [6.07, 6.45) is 4.36. The Morgan fingerprint density at radius 3 is 1.92 bits per heavy atom. The van der Waals surface area contributed by atoms with Crippen molar-refractivity contribution in [3.63, 3.8) is 0 Å². The van der Waals surface area contributed by atoms with Crippen LogP contribution in [0.2, 0.25) is 0 Å². The van der Waals surface area contributed by atoms with Crippen LogP contribution in [0.25, 0.3) is 0 Å². The van der Waals surface area contributed by atoms with E-state index in [4.69, 9.17) is 0 Å². The van der Waals surface area contributed by atoms with Crippen molar-refractivity contribution in [3.05, 3.63) is 95.1 Å². The molecule has 0 N–H and O–H groups in total. The van der Waals surface area contributed by atoms with Crippen LogP contribution in [-0.4, -0.2) is 53.5 Å². The van der Waals surface area contributed by atoms with E-state index in [9.17, 15) is 4.79 Å². The van der Waals surface area contributed by atoms with E-state index in [0.717, 1.165) is 68.6 Å². The second-order valence-electron chi connectivity index (χ2n) is 11.3. The summed E-state index contributed by atoms with van der Waals surface area (Å²) in [7, 11) is 0. The van der Waals surface area contributed by atoms with E-state index in [1.54, 1.807) is 0 Å². The lowest BCUT2D eigenvalue weighted by atomic mass is 9.85. The van der Waals surface area contributed by atoms with Gasteiger partial charge in [-0.25, -0.2) is 0 Å². The van der Waals surface area contributed by atoms with Gasteiger partial charge in [0.1, 0.15) is 0 Å². The average molecular weight is 496 g/mol. The number of benzene rings is 3. The van der Waals surface area contributed by atoms with Crippen LogP contribution >= 0.6 is 0 Å². The number of carbonyl (C=O) groups is 1. The number of rotatable bonds is 5. The molecule has 0 atom stereocenters. The highest BCUT2D eigenvalue weighted by Crippen LogP contribution is 2.36. The van der Waals surface area contributed by atoms with Crippen molar-refractivity contribution in [1.82, 2.24) is 9.80 Å². The van der Waals surface area contributed by atoms with Gasteiger partial charge in [-0.2, -0.15) is 0 Å². The number of likely N-dealkylation sites (tertiary alicyclic amines) is 2. The highest BCUT2D eigenvalue weighted by Gasteiger charge is 2.39. The van der Waals surface area contributed by atoms with E-state index < -0.39 is 0 Å². The van der Waals surface area contributed by atoms with Crippen molar-refractivity contribution >= 4 is 17.3 Å². The molecule has 2 heterocycles. The normalized spacial score (nSPS) is 18.5. The van der Waals surface area contributed by atoms with Crippen LogP contribution in [0.3, 0.4) is 0 Å². The summed E-state index contributed by atoms with van der Waals surface area (Å²) >= 11 is 0. The van der Waals surface area contributed by atoms with Gasteiger partial charge in [0, 0.05) is 54.7 Å². The fraction of sp³-hybridized carbons (Fsp3) is 0.424. The topological polar surface area (TPSA) is 26.8 Å². The van der Waals surface area contributed by atoms with Crippen molar-refractivity contribution in [2.75, 3.05) is 31.1 Å². The van der Waals surface area contributed by atoms with Crippen LogP contribution in [0.5, 0.6) is 0 Å². The van der Waals surface area contributed by atoms with E-state index in [1.165, 1.54) is 16.9 Å². The van der Waals surface area contributed by atoms with E-state index in [1.807, 2.05) is 32.0 Å². The van der Waals surface area contributed by atoms with Gasteiger partial charge in [-0.3, -0.25) is 9.69 Å². The minimum atomic E-state index is 0.157. The third-order valence-corrected chi connectivity index (χ3v) is 8.76. The maximum atomic E-state index is 13.3. The molecule has 2 aliphatic rings. The number of amides is 1. The van der Waals surface area contributed by atoms with E-state index >= 15 is 0 Å². The van der Waals surface area contributed by atoms with Crippen LogP contribution in [0.15, 0.2) is 72.8 Å². The lowest BCUT2D eigenvalue weighted by Crippen LogP contribution is -2.57. The largest absolute Gasteiger partial charge is 0.338 e. The minimum absolute atomic E-state index is 0.157. The summed E-state index contributed by atoms with van der Waals surface area (Å²) in [5.74, 6) is 0.202. The molecule has 1 amide bonds. The summed E-state index contributed by atoms with van der Waals surface area (Å²) < 4.78 is 0. The SMILES string of the molecule is Cc1ccc(N(c2ccccc2)C2CCN(C3(C)CCN(C(=O)c4c(C)cccc4C)CC3)CC2)cc1. The van der Waals surface area contributed by atoms with Gasteiger partial charge in [-0.1, -0.05) is 54.1 Å². The highest BCUT2D eigenvalue weighted by molar-refractivity contribution is 5.97. The van der Waals surface area contributed by atoms with Gasteiger partial charge in [-0.05, 0) is 88.8 Å². The first-order chi connectivity index (χ1) is 17.9. The first kappa shape index (κ1) is 25.5. The van der Waals surface area contributed by atoms with Crippen LogP contribution in [0.1, 0.15) is 59.7 Å². The number of piperidine rings is 2. The smallest absolute Gasteiger partial charge is 0.254 e. The Kier molecular flexibility index (Phi) is 7.39. The predicted octanol–water partition coefficient (Wildman–Crippen LogP) is 6.91. The van der Waals surface area contributed by atoms with E-state index in [2.05, 4.69) is 83.1 Å². The molecule has 5 rings (SSSR count). The second-order valence-corrected chi connectivity index (χ2v) is 11.3. The van der Waals surface area contributed by atoms with Gasteiger partial charge in [0.15, 0.2) is 0 Å². The molecular weight excluding hydrogens is 454 g/mol. The molecule has 2 saturated heterocycles. The molecule has 194 valence electrons. The highest BCUT2D eigenvalue weighted by atomic mass is 16.2. The van der Waals surface area contributed by atoms with Crippen molar-refractivity contribution < 1.29 is 4.79 Å². The third kappa shape index (κ3) is 5.31. The molecule has 0 unspecified atom stereocenters. The molecule has 0 radical (unpaired) electrons.